The number of carbonyl (C=O) groups excluding carboxylic acids is 3. The summed E-state index contributed by atoms with van der Waals surface area (Å²) in [4.78, 5) is 49.6. The summed E-state index contributed by atoms with van der Waals surface area (Å²) in [5, 5.41) is 13.2. The number of hydrogen-bond acceptors (Lipinski definition) is 12. The van der Waals surface area contributed by atoms with Crippen LogP contribution in [0.15, 0.2) is 42.5 Å². The first-order valence-corrected chi connectivity index (χ1v) is 15.3. The molecular formula is C31H37F3N8O7. The fourth-order valence-corrected chi connectivity index (χ4v) is 4.41. The molecule has 2 aliphatic rings. The number of methoxy groups -OCH3 is 1. The van der Waals surface area contributed by atoms with Gasteiger partial charge in [-0.15, -0.1) is 0 Å². The van der Waals surface area contributed by atoms with Crippen LogP contribution in [0, 0.1) is 0 Å². The number of urea groups is 1. The van der Waals surface area contributed by atoms with Crippen molar-refractivity contribution in [1.29, 1.82) is 0 Å². The van der Waals surface area contributed by atoms with Crippen LogP contribution in [0.3, 0.4) is 0 Å². The first-order chi connectivity index (χ1) is 23.5. The van der Waals surface area contributed by atoms with Gasteiger partial charge < -0.3 is 45.5 Å². The fourth-order valence-electron chi connectivity index (χ4n) is 4.41. The van der Waals surface area contributed by atoms with E-state index in [9.17, 15) is 27.6 Å². The predicted octanol–water partition coefficient (Wildman–Crippen LogP) is 3.70. The van der Waals surface area contributed by atoms with Crippen molar-refractivity contribution >= 4 is 35.5 Å². The second-order valence-corrected chi connectivity index (χ2v) is 10.6. The van der Waals surface area contributed by atoms with Crippen molar-refractivity contribution in [3.05, 3.63) is 53.6 Å². The first kappa shape index (κ1) is 36.3. The van der Waals surface area contributed by atoms with Gasteiger partial charge in [0, 0.05) is 25.3 Å². The summed E-state index contributed by atoms with van der Waals surface area (Å²) in [5.41, 5.74) is 1.21. The lowest BCUT2D eigenvalue weighted by Crippen LogP contribution is -2.50. The molecule has 2 aliphatic heterocycles. The van der Waals surface area contributed by atoms with Crippen molar-refractivity contribution in [2.45, 2.75) is 44.4 Å². The Labute approximate surface area is 279 Å². The summed E-state index contributed by atoms with van der Waals surface area (Å²) in [6.07, 6.45) is -1.48. The van der Waals surface area contributed by atoms with Gasteiger partial charge in [0.2, 0.25) is 11.9 Å². The number of ether oxygens (including phenoxy) is 4. The molecule has 0 saturated heterocycles. The number of amides is 3. The van der Waals surface area contributed by atoms with Crippen LogP contribution in [0.1, 0.15) is 41.6 Å². The van der Waals surface area contributed by atoms with Gasteiger partial charge in [0.15, 0.2) is 6.61 Å². The minimum Gasteiger partial charge on any atom is -0.494 e. The summed E-state index contributed by atoms with van der Waals surface area (Å²) in [6.45, 7) is -0.891. The second kappa shape index (κ2) is 17.6. The van der Waals surface area contributed by atoms with Gasteiger partial charge in [-0.2, -0.15) is 28.1 Å². The van der Waals surface area contributed by atoms with Gasteiger partial charge in [-0.1, -0.05) is 12.1 Å². The van der Waals surface area contributed by atoms with E-state index in [0.29, 0.717) is 24.5 Å². The zero-order valence-corrected chi connectivity index (χ0v) is 26.8. The molecule has 0 aliphatic carbocycles. The van der Waals surface area contributed by atoms with Gasteiger partial charge in [-0.05, 0) is 55.5 Å². The molecule has 18 heteroatoms. The van der Waals surface area contributed by atoms with E-state index in [0.717, 1.165) is 31.9 Å². The monoisotopic (exact) mass is 690 g/mol. The molecule has 3 aromatic rings. The largest absolute Gasteiger partial charge is 0.494 e. The van der Waals surface area contributed by atoms with Crippen LogP contribution in [0.2, 0.25) is 0 Å². The van der Waals surface area contributed by atoms with Crippen molar-refractivity contribution in [2.75, 3.05) is 51.2 Å². The van der Waals surface area contributed by atoms with Crippen molar-refractivity contribution in [3.63, 3.8) is 0 Å². The minimum atomic E-state index is -4.63. The quantitative estimate of drug-likeness (QED) is 0.227. The second-order valence-electron chi connectivity index (χ2n) is 10.6. The first-order valence-electron chi connectivity index (χ1n) is 15.3. The highest BCUT2D eigenvalue weighted by Gasteiger charge is 2.29. The normalized spacial score (nSPS) is 14.2. The van der Waals surface area contributed by atoms with Gasteiger partial charge >= 0.3 is 24.2 Å². The molecule has 1 aromatic heterocycles. The molecule has 0 spiro atoms. The number of nitrogens with one attached hydrogen (secondary N) is 5. The molecule has 49 heavy (non-hydrogen) atoms. The van der Waals surface area contributed by atoms with Crippen LogP contribution < -0.4 is 40.8 Å². The van der Waals surface area contributed by atoms with Gasteiger partial charge in [0.1, 0.15) is 17.5 Å². The standard InChI is InChI=1S/C31H37F3N8O7/c1-35-29(45)37-17-23(26(44)46-2)39-25(43)22-12-9-20-15-24(22)48-14-6-4-3-5-13-47-21-10-7-19(8-11-21)16-36-27-40-28(38-20)42-30(41-27)49-18-31(32,33)34/h7-12,15,23H,3-6,13-14,16-18H2,1-2H3,(H,39,43)(H2,35,37,45)(H2,36,38,40,41,42)/t23-/m0/s1. The maximum atomic E-state index is 13.4. The highest BCUT2D eigenvalue weighted by molar-refractivity contribution is 5.99. The molecule has 0 saturated carbocycles. The zero-order chi connectivity index (χ0) is 35.2. The van der Waals surface area contributed by atoms with E-state index in [2.05, 4.69) is 41.5 Å². The van der Waals surface area contributed by atoms with E-state index in [1.165, 1.54) is 25.2 Å². The molecular weight excluding hydrogens is 653 g/mol. The lowest BCUT2D eigenvalue weighted by Gasteiger charge is -2.19. The lowest BCUT2D eigenvalue weighted by molar-refractivity contribution is -0.154. The number of benzene rings is 2. The van der Waals surface area contributed by atoms with Crippen LogP contribution in [0.25, 0.3) is 0 Å². The zero-order valence-electron chi connectivity index (χ0n) is 26.8. The van der Waals surface area contributed by atoms with Gasteiger partial charge in [0.25, 0.3) is 5.91 Å². The van der Waals surface area contributed by atoms with Gasteiger partial charge in [0.05, 0.1) is 32.4 Å². The number of fused-ring (bicyclic) bond motifs is 10. The molecule has 264 valence electrons. The van der Waals surface area contributed by atoms with Crippen molar-refractivity contribution in [2.24, 2.45) is 0 Å². The van der Waals surface area contributed by atoms with E-state index in [1.807, 2.05) is 24.3 Å². The summed E-state index contributed by atoms with van der Waals surface area (Å²) in [6, 6.07) is 9.35. The van der Waals surface area contributed by atoms with Crippen molar-refractivity contribution in [3.8, 4) is 17.5 Å². The van der Waals surface area contributed by atoms with Crippen LogP contribution in [0.5, 0.6) is 17.5 Å². The van der Waals surface area contributed by atoms with E-state index in [4.69, 9.17) is 18.9 Å². The number of alkyl halides is 3. The number of hydrogen-bond donors (Lipinski definition) is 5. The molecule has 5 N–H and O–H groups in total. The van der Waals surface area contributed by atoms with Crippen LogP contribution in [-0.2, 0) is 16.1 Å². The Kier molecular flexibility index (Phi) is 13.0. The number of nitrogens with zero attached hydrogens (tertiary/aromatic N) is 3. The number of carbonyl (C=O) groups is 3. The fraction of sp³-hybridized carbons (Fsp3) is 0.419. The number of anilines is 3. The third kappa shape index (κ3) is 11.9. The maximum absolute atomic E-state index is 13.4. The molecule has 1 atom stereocenters. The molecule has 5 rings (SSSR count). The van der Waals surface area contributed by atoms with E-state index < -0.39 is 42.7 Å². The number of halogens is 3. The molecule has 2 aromatic carbocycles. The Bertz CT molecular complexity index is 1580. The van der Waals surface area contributed by atoms with E-state index >= 15 is 0 Å². The SMILES string of the molecule is CNC(=O)NC[C@H](NC(=O)c1ccc2cc1OCCCCCCOc1ccc(cc1)CNc1nc(nc(OCC(F)(F)F)n1)N2)C(=O)OC. The molecule has 15 nitrogen and oxygen atoms in total. The average Bonchev–Trinajstić information content (AvgIpc) is 3.08. The number of aromatic nitrogens is 3. The van der Waals surface area contributed by atoms with Gasteiger partial charge in [-0.3, -0.25) is 4.79 Å². The minimum absolute atomic E-state index is 0.0583. The highest BCUT2D eigenvalue weighted by atomic mass is 19.4. The Balaban J connectivity index is 1.63. The number of esters is 1. The summed E-state index contributed by atoms with van der Waals surface area (Å²) in [5.74, 6) is -0.881. The lowest BCUT2D eigenvalue weighted by atomic mass is 10.1. The average molecular weight is 691 g/mol. The highest BCUT2D eigenvalue weighted by Crippen LogP contribution is 2.27. The van der Waals surface area contributed by atoms with Crippen LogP contribution in [-0.4, -0.2) is 85.6 Å². The Morgan fingerprint density at radius 2 is 1.67 bits per heavy atom. The Morgan fingerprint density at radius 1 is 0.959 bits per heavy atom. The van der Waals surface area contributed by atoms with E-state index in [1.54, 1.807) is 0 Å². The smallest absolute Gasteiger partial charge is 0.422 e. The van der Waals surface area contributed by atoms with Crippen molar-refractivity contribution < 1.29 is 46.5 Å². The maximum Gasteiger partial charge on any atom is 0.422 e. The van der Waals surface area contributed by atoms with Crippen molar-refractivity contribution in [1.82, 2.24) is 30.9 Å². The molecule has 6 bridgehead atoms. The molecule has 0 radical (unpaired) electrons. The molecule has 3 heterocycles. The summed E-state index contributed by atoms with van der Waals surface area (Å²) in [7, 11) is 2.54. The predicted molar refractivity (Wildman–Crippen MR) is 170 cm³/mol. The summed E-state index contributed by atoms with van der Waals surface area (Å²) >= 11 is 0. The van der Waals surface area contributed by atoms with Gasteiger partial charge in [-0.25, -0.2) is 9.59 Å². The third-order valence-electron chi connectivity index (χ3n) is 6.89. The van der Waals surface area contributed by atoms with E-state index in [-0.39, 0.29) is 42.9 Å². The Morgan fingerprint density at radius 3 is 2.37 bits per heavy atom. The third-order valence-corrected chi connectivity index (χ3v) is 6.89. The molecule has 3 amide bonds. The Hall–Kier alpha value is -5.55. The number of rotatable bonds is 7. The van der Waals surface area contributed by atoms with Crippen LogP contribution >= 0.6 is 0 Å². The van der Waals surface area contributed by atoms with Crippen LogP contribution in [0.4, 0.5) is 35.5 Å². The molecule has 0 unspecified atom stereocenters. The summed E-state index contributed by atoms with van der Waals surface area (Å²) < 4.78 is 60.2. The topological polar surface area (TPSA) is 187 Å². The molecule has 0 fully saturated rings.